The van der Waals surface area contributed by atoms with Crippen molar-refractivity contribution in [1.29, 1.82) is 0 Å². The van der Waals surface area contributed by atoms with Gasteiger partial charge in [0.2, 0.25) is 15.9 Å². The molecule has 1 fully saturated rings. The Morgan fingerprint density at radius 2 is 2.00 bits per heavy atom. The summed E-state index contributed by atoms with van der Waals surface area (Å²) in [5, 5.41) is 7.16. The molecule has 1 saturated heterocycles. The molecule has 0 aliphatic carbocycles. The van der Waals surface area contributed by atoms with Crippen LogP contribution in [0.4, 0.5) is 5.69 Å². The quantitative estimate of drug-likeness (QED) is 0.684. The minimum Gasteiger partial charge on any atom is -0.337 e. The van der Waals surface area contributed by atoms with E-state index < -0.39 is 21.5 Å². The number of imidazole rings is 1. The Balaban J connectivity index is 1.74. The first kappa shape index (κ1) is 19.0. The van der Waals surface area contributed by atoms with Gasteiger partial charge in [0.1, 0.15) is 22.2 Å². The third kappa shape index (κ3) is 2.37. The monoisotopic (exact) mass is 426 g/mol. The topological polar surface area (TPSA) is 102 Å². The zero-order valence-electron chi connectivity index (χ0n) is 16.9. The van der Waals surface area contributed by atoms with Crippen molar-refractivity contribution in [3.8, 4) is 0 Å². The molecule has 30 heavy (non-hydrogen) atoms. The SMILES string of the molecule is Cc1nn(C)cc1S(=O)(=O)N1CC[C@]2(C(=O)Nc3ccccc32)[C@@H]1c1nccn1C. The fourth-order valence-electron chi connectivity index (χ4n) is 4.86. The Kier molecular flexibility index (Phi) is 3.97. The van der Waals surface area contributed by atoms with E-state index in [0.29, 0.717) is 17.9 Å². The van der Waals surface area contributed by atoms with Gasteiger partial charge in [-0.2, -0.15) is 9.40 Å². The van der Waals surface area contributed by atoms with Gasteiger partial charge in [0.25, 0.3) is 0 Å². The first-order valence-corrected chi connectivity index (χ1v) is 11.1. The Bertz CT molecular complexity index is 1280. The number of nitrogens with zero attached hydrogens (tertiary/aromatic N) is 5. The van der Waals surface area contributed by atoms with E-state index in [-0.39, 0.29) is 17.3 Å². The lowest BCUT2D eigenvalue weighted by Crippen LogP contribution is -2.43. The van der Waals surface area contributed by atoms with Crippen LogP contribution in [0.1, 0.15) is 29.5 Å². The predicted molar refractivity (Wildman–Crippen MR) is 109 cm³/mol. The lowest BCUT2D eigenvalue weighted by molar-refractivity contribution is -0.121. The van der Waals surface area contributed by atoms with Gasteiger partial charge in [-0.25, -0.2) is 13.4 Å². The molecule has 0 bridgehead atoms. The van der Waals surface area contributed by atoms with E-state index in [1.165, 1.54) is 15.2 Å². The highest BCUT2D eigenvalue weighted by Gasteiger charge is 2.62. The number of fused-ring (bicyclic) bond motifs is 2. The van der Waals surface area contributed by atoms with Gasteiger partial charge in [-0.1, -0.05) is 18.2 Å². The molecule has 1 spiro atoms. The van der Waals surface area contributed by atoms with Crippen LogP contribution in [0.25, 0.3) is 0 Å². The Morgan fingerprint density at radius 1 is 1.23 bits per heavy atom. The minimum absolute atomic E-state index is 0.146. The molecule has 2 aliphatic rings. The first-order valence-electron chi connectivity index (χ1n) is 9.67. The van der Waals surface area contributed by atoms with Crippen LogP contribution in [-0.4, -0.2) is 44.5 Å². The molecule has 3 aromatic rings. The number of aromatic nitrogens is 4. The van der Waals surface area contributed by atoms with Gasteiger partial charge in [0.05, 0.1) is 5.69 Å². The average Bonchev–Trinajstić information content (AvgIpc) is 3.43. The van der Waals surface area contributed by atoms with Crippen molar-refractivity contribution >= 4 is 21.6 Å². The Morgan fingerprint density at radius 3 is 2.67 bits per heavy atom. The van der Waals surface area contributed by atoms with Crippen molar-refractivity contribution in [1.82, 2.24) is 23.6 Å². The first-order chi connectivity index (χ1) is 14.3. The molecule has 4 heterocycles. The number of carbonyl (C=O) groups is 1. The van der Waals surface area contributed by atoms with Crippen LogP contribution >= 0.6 is 0 Å². The van der Waals surface area contributed by atoms with E-state index in [2.05, 4.69) is 15.4 Å². The summed E-state index contributed by atoms with van der Waals surface area (Å²) in [6.07, 6.45) is 5.26. The normalized spacial score (nSPS) is 23.8. The van der Waals surface area contributed by atoms with Crippen LogP contribution in [0, 0.1) is 6.92 Å². The highest BCUT2D eigenvalue weighted by atomic mass is 32.2. The summed E-state index contributed by atoms with van der Waals surface area (Å²) in [4.78, 5) is 18.0. The second-order valence-corrected chi connectivity index (χ2v) is 9.75. The number of hydrogen-bond donors (Lipinski definition) is 1. The number of benzene rings is 1. The molecular formula is C20H22N6O3S. The fourth-order valence-corrected chi connectivity index (χ4v) is 6.70. The third-order valence-corrected chi connectivity index (χ3v) is 8.17. The van der Waals surface area contributed by atoms with E-state index in [1.54, 1.807) is 30.9 Å². The molecule has 2 aliphatic heterocycles. The number of anilines is 1. The van der Waals surface area contributed by atoms with Crippen molar-refractivity contribution in [2.45, 2.75) is 29.7 Å². The smallest absolute Gasteiger partial charge is 0.247 e. The molecule has 156 valence electrons. The molecule has 1 N–H and O–H groups in total. The predicted octanol–water partition coefficient (Wildman–Crippen LogP) is 1.49. The minimum atomic E-state index is -3.91. The number of rotatable bonds is 3. The van der Waals surface area contributed by atoms with E-state index in [4.69, 9.17) is 0 Å². The number of aryl methyl sites for hydroxylation is 3. The van der Waals surface area contributed by atoms with E-state index in [1.807, 2.05) is 31.3 Å². The van der Waals surface area contributed by atoms with Gasteiger partial charge in [-0.15, -0.1) is 0 Å². The summed E-state index contributed by atoms with van der Waals surface area (Å²) in [5.41, 5.74) is 0.911. The molecule has 2 atom stereocenters. The molecular weight excluding hydrogens is 404 g/mol. The van der Waals surface area contributed by atoms with Crippen LogP contribution in [0.5, 0.6) is 0 Å². The van der Waals surface area contributed by atoms with Crippen LogP contribution in [0.3, 0.4) is 0 Å². The standard InChI is InChI=1S/C20H22N6O3S/c1-13-16(12-25(3)23-13)30(28,29)26-10-8-20(17(26)18-21-9-11-24(18)2)14-6-4-5-7-15(14)22-19(20)27/h4-7,9,11-12,17H,8,10H2,1-3H3,(H,22,27)/t17-,20+/m0/s1. The van der Waals surface area contributed by atoms with Gasteiger partial charge >= 0.3 is 0 Å². The molecule has 1 aromatic carbocycles. The third-order valence-electron chi connectivity index (χ3n) is 6.20. The summed E-state index contributed by atoms with van der Waals surface area (Å²) in [7, 11) is -0.412. The number of para-hydroxylation sites is 1. The number of amides is 1. The zero-order chi connectivity index (χ0) is 21.3. The number of hydrogen-bond acceptors (Lipinski definition) is 5. The maximum atomic E-state index is 13.7. The van der Waals surface area contributed by atoms with Crippen LogP contribution in [-0.2, 0) is 34.3 Å². The van der Waals surface area contributed by atoms with Crippen molar-refractivity contribution in [2.75, 3.05) is 11.9 Å². The van der Waals surface area contributed by atoms with Gasteiger partial charge < -0.3 is 9.88 Å². The van der Waals surface area contributed by atoms with Gasteiger partial charge in [0, 0.05) is 44.9 Å². The summed E-state index contributed by atoms with van der Waals surface area (Å²) in [5.74, 6) is 0.335. The molecule has 0 unspecified atom stereocenters. The largest absolute Gasteiger partial charge is 0.337 e. The second-order valence-electron chi connectivity index (χ2n) is 7.89. The van der Waals surface area contributed by atoms with Gasteiger partial charge in [-0.05, 0) is 25.0 Å². The highest BCUT2D eigenvalue weighted by Crippen LogP contribution is 2.55. The lowest BCUT2D eigenvalue weighted by Gasteiger charge is -2.32. The fraction of sp³-hybridized carbons (Fsp3) is 0.350. The number of sulfonamides is 1. The highest BCUT2D eigenvalue weighted by molar-refractivity contribution is 7.89. The molecule has 10 heteroatoms. The Labute approximate surface area is 174 Å². The molecule has 0 radical (unpaired) electrons. The zero-order valence-corrected chi connectivity index (χ0v) is 17.7. The number of carbonyl (C=O) groups excluding carboxylic acids is 1. The van der Waals surface area contributed by atoms with E-state index >= 15 is 0 Å². The average molecular weight is 427 g/mol. The summed E-state index contributed by atoms with van der Waals surface area (Å²) in [6, 6.07) is 6.70. The molecule has 9 nitrogen and oxygen atoms in total. The maximum absolute atomic E-state index is 13.7. The summed E-state index contributed by atoms with van der Waals surface area (Å²) in [6.45, 7) is 1.88. The summed E-state index contributed by atoms with van der Waals surface area (Å²) >= 11 is 0. The molecule has 2 aromatic heterocycles. The van der Waals surface area contributed by atoms with E-state index in [9.17, 15) is 13.2 Å². The number of nitrogens with one attached hydrogen (secondary N) is 1. The van der Waals surface area contributed by atoms with Crippen LogP contribution in [0.2, 0.25) is 0 Å². The molecule has 1 amide bonds. The lowest BCUT2D eigenvalue weighted by atomic mass is 9.75. The van der Waals surface area contributed by atoms with E-state index in [0.717, 1.165) is 11.3 Å². The van der Waals surface area contributed by atoms with Gasteiger partial charge in [-0.3, -0.25) is 9.48 Å². The van der Waals surface area contributed by atoms with Crippen molar-refractivity contribution in [3.63, 3.8) is 0 Å². The van der Waals surface area contributed by atoms with Crippen LogP contribution in [0.15, 0.2) is 47.8 Å². The molecule has 0 saturated carbocycles. The van der Waals surface area contributed by atoms with Crippen molar-refractivity contribution in [3.05, 3.63) is 59.9 Å². The Hall–Kier alpha value is -2.98. The second kappa shape index (κ2) is 6.26. The van der Waals surface area contributed by atoms with Crippen LogP contribution < -0.4 is 5.32 Å². The van der Waals surface area contributed by atoms with Crippen molar-refractivity contribution < 1.29 is 13.2 Å². The van der Waals surface area contributed by atoms with Gasteiger partial charge in [0.15, 0.2) is 0 Å². The maximum Gasteiger partial charge on any atom is 0.247 e. The van der Waals surface area contributed by atoms with Crippen molar-refractivity contribution in [2.24, 2.45) is 14.1 Å². The summed E-state index contributed by atoms with van der Waals surface area (Å²) < 4.78 is 32.2. The molecule has 5 rings (SSSR count).